The topological polar surface area (TPSA) is 47.6 Å². The summed E-state index contributed by atoms with van der Waals surface area (Å²) in [5.74, 6) is 0.417. The first kappa shape index (κ1) is 21.0. The summed E-state index contributed by atoms with van der Waals surface area (Å²) in [6, 6.07) is 20.4. The summed E-state index contributed by atoms with van der Waals surface area (Å²) < 4.78 is 10.9. The molecular formula is C23H21Cl2NO3. The van der Waals surface area contributed by atoms with Crippen molar-refractivity contribution in [1.29, 1.82) is 0 Å². The number of esters is 1. The van der Waals surface area contributed by atoms with Crippen LogP contribution in [0.5, 0.6) is 5.75 Å². The van der Waals surface area contributed by atoms with Gasteiger partial charge in [-0.3, -0.25) is 0 Å². The van der Waals surface area contributed by atoms with E-state index >= 15 is 0 Å². The van der Waals surface area contributed by atoms with Gasteiger partial charge in [0.25, 0.3) is 0 Å². The highest BCUT2D eigenvalue weighted by Gasteiger charge is 2.07. The third kappa shape index (κ3) is 5.89. The van der Waals surface area contributed by atoms with Crippen LogP contribution in [0, 0.1) is 0 Å². The van der Waals surface area contributed by atoms with Gasteiger partial charge in [-0.05, 0) is 61.0 Å². The van der Waals surface area contributed by atoms with Crippen LogP contribution in [-0.2, 0) is 17.9 Å². The van der Waals surface area contributed by atoms with Gasteiger partial charge >= 0.3 is 5.97 Å². The van der Waals surface area contributed by atoms with Gasteiger partial charge in [-0.25, -0.2) is 4.79 Å². The summed E-state index contributed by atoms with van der Waals surface area (Å²) >= 11 is 12.4. The van der Waals surface area contributed by atoms with E-state index < -0.39 is 0 Å². The number of hydrogen-bond donors (Lipinski definition) is 1. The van der Waals surface area contributed by atoms with Crippen LogP contribution >= 0.6 is 23.2 Å². The average Bonchev–Trinajstić information content (AvgIpc) is 2.73. The minimum Gasteiger partial charge on any atom is -0.489 e. The van der Waals surface area contributed by atoms with Gasteiger partial charge in [-0.2, -0.15) is 0 Å². The molecule has 0 unspecified atom stereocenters. The zero-order chi connectivity index (χ0) is 20.6. The molecule has 0 fully saturated rings. The van der Waals surface area contributed by atoms with Crippen molar-refractivity contribution >= 4 is 34.9 Å². The van der Waals surface area contributed by atoms with Gasteiger partial charge in [0.15, 0.2) is 0 Å². The maximum absolute atomic E-state index is 11.7. The first-order chi connectivity index (χ1) is 14.1. The second kappa shape index (κ2) is 10.2. The molecule has 0 bridgehead atoms. The van der Waals surface area contributed by atoms with Crippen LogP contribution in [0.25, 0.3) is 0 Å². The fourth-order valence-corrected chi connectivity index (χ4v) is 3.22. The van der Waals surface area contributed by atoms with E-state index in [1.807, 2.05) is 36.4 Å². The minimum atomic E-state index is -0.317. The highest BCUT2D eigenvalue weighted by molar-refractivity contribution is 6.35. The van der Waals surface area contributed by atoms with Crippen molar-refractivity contribution in [1.82, 2.24) is 0 Å². The lowest BCUT2D eigenvalue weighted by atomic mass is 10.2. The monoisotopic (exact) mass is 429 g/mol. The van der Waals surface area contributed by atoms with Gasteiger partial charge in [0.05, 0.1) is 12.2 Å². The Morgan fingerprint density at radius 1 is 0.966 bits per heavy atom. The zero-order valence-electron chi connectivity index (χ0n) is 16.0. The molecule has 0 radical (unpaired) electrons. The van der Waals surface area contributed by atoms with E-state index in [1.165, 1.54) is 0 Å². The molecule has 3 aromatic rings. The highest BCUT2D eigenvalue weighted by Crippen LogP contribution is 2.26. The molecule has 0 aliphatic carbocycles. The maximum Gasteiger partial charge on any atom is 0.338 e. The number of rotatable bonds is 8. The first-order valence-electron chi connectivity index (χ1n) is 9.22. The average molecular weight is 430 g/mol. The molecule has 0 aliphatic rings. The molecule has 0 saturated heterocycles. The van der Waals surface area contributed by atoms with E-state index in [0.29, 0.717) is 35.4 Å². The largest absolute Gasteiger partial charge is 0.489 e. The van der Waals surface area contributed by atoms with E-state index in [1.54, 1.807) is 37.3 Å². The third-order valence-corrected chi connectivity index (χ3v) is 4.94. The molecule has 0 spiro atoms. The van der Waals surface area contributed by atoms with Crippen LogP contribution in [0.4, 0.5) is 5.69 Å². The van der Waals surface area contributed by atoms with Crippen LogP contribution in [0.1, 0.15) is 28.4 Å². The molecule has 0 aliphatic heterocycles. The van der Waals surface area contributed by atoms with Crippen molar-refractivity contribution < 1.29 is 14.3 Å². The summed E-state index contributed by atoms with van der Waals surface area (Å²) in [5, 5.41) is 4.50. The Kier molecular flexibility index (Phi) is 7.39. The second-order valence-electron chi connectivity index (χ2n) is 6.29. The molecule has 3 aromatic carbocycles. The number of halogens is 2. The molecule has 150 valence electrons. The van der Waals surface area contributed by atoms with Gasteiger partial charge < -0.3 is 14.8 Å². The van der Waals surface area contributed by atoms with Gasteiger partial charge in [0.1, 0.15) is 12.4 Å². The molecule has 29 heavy (non-hydrogen) atoms. The predicted octanol–water partition coefficient (Wildman–Crippen LogP) is 6.36. The van der Waals surface area contributed by atoms with Crippen LogP contribution in [-0.4, -0.2) is 12.6 Å². The number of ether oxygens (including phenoxy) is 2. The van der Waals surface area contributed by atoms with Crippen molar-refractivity contribution in [2.24, 2.45) is 0 Å². The number of carbonyl (C=O) groups is 1. The van der Waals surface area contributed by atoms with E-state index in [-0.39, 0.29) is 5.97 Å². The number of nitrogens with one attached hydrogen (secondary N) is 1. The van der Waals surface area contributed by atoms with E-state index in [9.17, 15) is 4.79 Å². The maximum atomic E-state index is 11.7. The predicted molar refractivity (Wildman–Crippen MR) is 117 cm³/mol. The standard InChI is InChI=1S/C23H21Cl2NO3/c1-2-28-23(27)17-9-11-18(12-10-17)26-14-16-5-3-6-19(13-16)29-15-20-21(24)7-4-8-22(20)25/h3-13,26H,2,14-15H2,1H3. The van der Waals surface area contributed by atoms with Crippen molar-refractivity contribution in [3.05, 3.63) is 93.5 Å². The minimum absolute atomic E-state index is 0.296. The lowest BCUT2D eigenvalue weighted by Crippen LogP contribution is -2.05. The molecule has 0 amide bonds. The Hall–Kier alpha value is -2.69. The smallest absolute Gasteiger partial charge is 0.338 e. The third-order valence-electron chi connectivity index (χ3n) is 4.24. The second-order valence-corrected chi connectivity index (χ2v) is 7.10. The van der Waals surface area contributed by atoms with Crippen molar-refractivity contribution in [3.63, 3.8) is 0 Å². The van der Waals surface area contributed by atoms with E-state index in [2.05, 4.69) is 5.32 Å². The summed E-state index contributed by atoms with van der Waals surface area (Å²) in [6.07, 6.45) is 0. The number of benzene rings is 3. The Balaban J connectivity index is 1.58. The highest BCUT2D eigenvalue weighted by atomic mass is 35.5. The molecule has 3 rings (SSSR count). The fourth-order valence-electron chi connectivity index (χ4n) is 2.71. The van der Waals surface area contributed by atoms with Gasteiger partial charge in [0, 0.05) is 27.8 Å². The summed E-state index contributed by atoms with van der Waals surface area (Å²) in [4.78, 5) is 11.7. The lowest BCUT2D eigenvalue weighted by Gasteiger charge is -2.11. The summed E-state index contributed by atoms with van der Waals surface area (Å²) in [5.41, 5.74) is 3.27. The fraction of sp³-hybridized carbons (Fsp3) is 0.174. The SMILES string of the molecule is CCOC(=O)c1ccc(NCc2cccc(OCc3c(Cl)cccc3Cl)c2)cc1. The van der Waals surface area contributed by atoms with Crippen molar-refractivity contribution in [2.45, 2.75) is 20.1 Å². The first-order valence-corrected chi connectivity index (χ1v) is 9.98. The summed E-state index contributed by atoms with van der Waals surface area (Å²) in [6.45, 7) is 3.06. The van der Waals surface area contributed by atoms with E-state index in [4.69, 9.17) is 32.7 Å². The van der Waals surface area contributed by atoms with Crippen LogP contribution < -0.4 is 10.1 Å². The number of hydrogen-bond acceptors (Lipinski definition) is 4. The van der Waals surface area contributed by atoms with Crippen LogP contribution in [0.3, 0.4) is 0 Å². The molecule has 0 aromatic heterocycles. The molecule has 0 atom stereocenters. The Labute approximate surface area is 180 Å². The van der Waals surface area contributed by atoms with Crippen molar-refractivity contribution in [3.8, 4) is 5.75 Å². The summed E-state index contributed by atoms with van der Waals surface area (Å²) in [7, 11) is 0. The Morgan fingerprint density at radius 2 is 1.66 bits per heavy atom. The number of carbonyl (C=O) groups excluding carboxylic acids is 1. The van der Waals surface area contributed by atoms with Crippen molar-refractivity contribution in [2.75, 3.05) is 11.9 Å². The Bertz CT molecular complexity index is 954. The van der Waals surface area contributed by atoms with Gasteiger partial charge in [-0.1, -0.05) is 41.4 Å². The molecule has 1 N–H and O–H groups in total. The quantitative estimate of drug-likeness (QED) is 0.423. The normalized spacial score (nSPS) is 10.4. The molecule has 6 heteroatoms. The van der Waals surface area contributed by atoms with Gasteiger partial charge in [0.2, 0.25) is 0 Å². The van der Waals surface area contributed by atoms with Gasteiger partial charge in [-0.15, -0.1) is 0 Å². The molecule has 4 nitrogen and oxygen atoms in total. The molecular weight excluding hydrogens is 409 g/mol. The zero-order valence-corrected chi connectivity index (χ0v) is 17.5. The Morgan fingerprint density at radius 3 is 2.34 bits per heavy atom. The molecule has 0 heterocycles. The number of anilines is 1. The molecule has 0 saturated carbocycles. The van der Waals surface area contributed by atoms with E-state index in [0.717, 1.165) is 22.6 Å². The lowest BCUT2D eigenvalue weighted by molar-refractivity contribution is 0.0526. The van der Waals surface area contributed by atoms with Crippen LogP contribution in [0.2, 0.25) is 10.0 Å². The van der Waals surface area contributed by atoms with Crippen LogP contribution in [0.15, 0.2) is 66.7 Å².